The predicted molar refractivity (Wildman–Crippen MR) is 102 cm³/mol. The van der Waals surface area contributed by atoms with E-state index in [0.717, 1.165) is 5.56 Å². The third-order valence-corrected chi connectivity index (χ3v) is 4.17. The number of rotatable bonds is 4. The van der Waals surface area contributed by atoms with Crippen molar-refractivity contribution < 1.29 is 9.21 Å². The molecule has 0 unspecified atom stereocenters. The van der Waals surface area contributed by atoms with Crippen molar-refractivity contribution in [2.75, 3.05) is 5.32 Å². The summed E-state index contributed by atoms with van der Waals surface area (Å²) < 4.78 is 5.72. The third kappa shape index (κ3) is 3.70. The van der Waals surface area contributed by atoms with Crippen LogP contribution >= 0.6 is 11.6 Å². The van der Waals surface area contributed by atoms with Crippen LogP contribution in [0.3, 0.4) is 0 Å². The Hall–Kier alpha value is -3.51. The Bertz CT molecular complexity index is 1080. The molecule has 0 atom stereocenters. The maximum Gasteiger partial charge on any atom is 0.257 e. The minimum absolute atomic E-state index is 0.227. The van der Waals surface area contributed by atoms with E-state index in [4.69, 9.17) is 16.0 Å². The van der Waals surface area contributed by atoms with E-state index in [1.54, 1.807) is 48.7 Å². The number of hydrogen-bond donors (Lipinski definition) is 1. The van der Waals surface area contributed by atoms with Crippen molar-refractivity contribution in [1.29, 1.82) is 0 Å². The van der Waals surface area contributed by atoms with E-state index in [1.165, 1.54) is 6.20 Å². The monoisotopic (exact) mass is 376 g/mol. The fourth-order valence-corrected chi connectivity index (χ4v) is 2.70. The molecular formula is C20H13ClN4O2. The van der Waals surface area contributed by atoms with Gasteiger partial charge in [-0.05, 0) is 48.5 Å². The van der Waals surface area contributed by atoms with Crippen LogP contribution in [0.5, 0.6) is 0 Å². The molecule has 0 spiro atoms. The third-order valence-electron chi connectivity index (χ3n) is 3.84. The zero-order chi connectivity index (χ0) is 18.6. The Morgan fingerprint density at radius 2 is 1.70 bits per heavy atom. The van der Waals surface area contributed by atoms with Crippen LogP contribution in [0.15, 0.2) is 77.5 Å². The van der Waals surface area contributed by atoms with Crippen LogP contribution in [-0.2, 0) is 0 Å². The van der Waals surface area contributed by atoms with Crippen molar-refractivity contribution in [2.45, 2.75) is 0 Å². The van der Waals surface area contributed by atoms with E-state index in [0.29, 0.717) is 33.6 Å². The maximum absolute atomic E-state index is 12.2. The lowest BCUT2D eigenvalue weighted by molar-refractivity contribution is 0.102. The molecule has 2 heterocycles. The van der Waals surface area contributed by atoms with Gasteiger partial charge in [-0.15, -0.1) is 10.2 Å². The van der Waals surface area contributed by atoms with E-state index < -0.39 is 0 Å². The molecule has 0 aliphatic rings. The van der Waals surface area contributed by atoms with Crippen LogP contribution < -0.4 is 5.32 Å². The molecule has 7 heteroatoms. The Labute approximate surface area is 159 Å². The molecular weight excluding hydrogens is 364 g/mol. The summed E-state index contributed by atoms with van der Waals surface area (Å²) in [4.78, 5) is 16.1. The van der Waals surface area contributed by atoms with Crippen molar-refractivity contribution in [3.63, 3.8) is 0 Å². The summed E-state index contributed by atoms with van der Waals surface area (Å²) in [5.41, 5.74) is 2.56. The first-order valence-corrected chi connectivity index (χ1v) is 8.49. The minimum atomic E-state index is -0.227. The topological polar surface area (TPSA) is 80.9 Å². The maximum atomic E-state index is 12.2. The average Bonchev–Trinajstić information content (AvgIpc) is 3.19. The molecule has 27 heavy (non-hydrogen) atoms. The standard InChI is InChI=1S/C20H13ClN4O2/c21-17-6-2-1-5-16(17)20-25-24-19(27-20)13-7-9-15(10-8-13)23-18(26)14-4-3-11-22-12-14/h1-12H,(H,23,26). The van der Waals surface area contributed by atoms with Gasteiger partial charge in [-0.1, -0.05) is 23.7 Å². The molecule has 0 aliphatic carbocycles. The van der Waals surface area contributed by atoms with Crippen molar-refractivity contribution in [2.24, 2.45) is 0 Å². The van der Waals surface area contributed by atoms with Gasteiger partial charge in [0.15, 0.2) is 0 Å². The number of nitrogens with zero attached hydrogens (tertiary/aromatic N) is 3. The number of anilines is 1. The summed E-state index contributed by atoms with van der Waals surface area (Å²) in [5.74, 6) is 0.495. The number of aromatic nitrogens is 3. The second-order valence-electron chi connectivity index (χ2n) is 5.67. The fraction of sp³-hybridized carbons (Fsp3) is 0. The smallest absolute Gasteiger partial charge is 0.257 e. The van der Waals surface area contributed by atoms with Crippen LogP contribution in [0.4, 0.5) is 5.69 Å². The van der Waals surface area contributed by atoms with E-state index in [1.807, 2.05) is 18.2 Å². The van der Waals surface area contributed by atoms with Gasteiger partial charge in [0.25, 0.3) is 5.91 Å². The molecule has 4 aromatic rings. The van der Waals surface area contributed by atoms with Crippen molar-refractivity contribution in [3.8, 4) is 22.9 Å². The van der Waals surface area contributed by atoms with Gasteiger partial charge >= 0.3 is 0 Å². The van der Waals surface area contributed by atoms with E-state index >= 15 is 0 Å². The van der Waals surface area contributed by atoms with E-state index in [-0.39, 0.29) is 5.91 Å². The first-order valence-electron chi connectivity index (χ1n) is 8.11. The number of pyridine rings is 1. The van der Waals surface area contributed by atoms with Gasteiger partial charge in [-0.3, -0.25) is 9.78 Å². The largest absolute Gasteiger partial charge is 0.416 e. The van der Waals surface area contributed by atoms with Gasteiger partial charge in [0, 0.05) is 23.6 Å². The average molecular weight is 377 g/mol. The quantitative estimate of drug-likeness (QED) is 0.558. The zero-order valence-electron chi connectivity index (χ0n) is 14.0. The second-order valence-corrected chi connectivity index (χ2v) is 6.07. The van der Waals surface area contributed by atoms with Crippen LogP contribution in [0.25, 0.3) is 22.9 Å². The fourth-order valence-electron chi connectivity index (χ4n) is 2.48. The first-order chi connectivity index (χ1) is 13.2. The highest BCUT2D eigenvalue weighted by molar-refractivity contribution is 6.33. The molecule has 0 saturated heterocycles. The van der Waals surface area contributed by atoms with E-state index in [9.17, 15) is 4.79 Å². The predicted octanol–water partition coefficient (Wildman–Crippen LogP) is 4.70. The lowest BCUT2D eigenvalue weighted by Gasteiger charge is -2.05. The summed E-state index contributed by atoms with van der Waals surface area (Å²) in [6.45, 7) is 0. The summed E-state index contributed by atoms with van der Waals surface area (Å²) in [7, 11) is 0. The zero-order valence-corrected chi connectivity index (χ0v) is 14.7. The molecule has 0 aliphatic heterocycles. The Morgan fingerprint density at radius 1 is 0.926 bits per heavy atom. The Balaban J connectivity index is 1.51. The van der Waals surface area contributed by atoms with Gasteiger partial charge in [0.05, 0.1) is 16.1 Å². The van der Waals surface area contributed by atoms with Crippen molar-refractivity contribution in [3.05, 3.63) is 83.6 Å². The molecule has 132 valence electrons. The summed E-state index contributed by atoms with van der Waals surface area (Å²) in [6.07, 6.45) is 3.13. The molecule has 2 aromatic carbocycles. The van der Waals surface area contributed by atoms with Crippen molar-refractivity contribution >= 4 is 23.2 Å². The van der Waals surface area contributed by atoms with Gasteiger partial charge in [0.2, 0.25) is 11.8 Å². The summed E-state index contributed by atoms with van der Waals surface area (Å²) >= 11 is 6.16. The number of carbonyl (C=O) groups excluding carboxylic acids is 1. The molecule has 1 N–H and O–H groups in total. The van der Waals surface area contributed by atoms with Crippen LogP contribution in [0.1, 0.15) is 10.4 Å². The molecule has 4 rings (SSSR count). The van der Waals surface area contributed by atoms with Crippen LogP contribution in [-0.4, -0.2) is 21.1 Å². The number of hydrogen-bond acceptors (Lipinski definition) is 5. The Kier molecular flexibility index (Phi) is 4.63. The molecule has 0 bridgehead atoms. The van der Waals surface area contributed by atoms with Gasteiger partial charge in [-0.25, -0.2) is 0 Å². The number of nitrogens with one attached hydrogen (secondary N) is 1. The first kappa shape index (κ1) is 16.9. The minimum Gasteiger partial charge on any atom is -0.416 e. The van der Waals surface area contributed by atoms with E-state index in [2.05, 4.69) is 20.5 Å². The summed E-state index contributed by atoms with van der Waals surface area (Å²) in [6, 6.07) is 17.8. The highest BCUT2D eigenvalue weighted by atomic mass is 35.5. The normalized spacial score (nSPS) is 10.6. The molecule has 1 amide bonds. The highest BCUT2D eigenvalue weighted by Crippen LogP contribution is 2.29. The number of carbonyl (C=O) groups is 1. The van der Waals surface area contributed by atoms with Crippen LogP contribution in [0, 0.1) is 0 Å². The molecule has 0 fully saturated rings. The highest BCUT2D eigenvalue weighted by Gasteiger charge is 2.13. The van der Waals surface area contributed by atoms with Crippen LogP contribution in [0.2, 0.25) is 5.02 Å². The molecule has 6 nitrogen and oxygen atoms in total. The van der Waals surface area contributed by atoms with Gasteiger partial charge in [-0.2, -0.15) is 0 Å². The second kappa shape index (κ2) is 7.39. The number of halogens is 1. The molecule has 2 aromatic heterocycles. The SMILES string of the molecule is O=C(Nc1ccc(-c2nnc(-c3ccccc3Cl)o2)cc1)c1cccnc1. The number of amides is 1. The Morgan fingerprint density at radius 3 is 2.44 bits per heavy atom. The van der Waals surface area contributed by atoms with Crippen molar-refractivity contribution in [1.82, 2.24) is 15.2 Å². The van der Waals surface area contributed by atoms with Gasteiger partial charge < -0.3 is 9.73 Å². The lowest BCUT2D eigenvalue weighted by Crippen LogP contribution is -2.11. The van der Waals surface area contributed by atoms with Gasteiger partial charge in [0.1, 0.15) is 0 Å². The summed E-state index contributed by atoms with van der Waals surface area (Å²) in [5, 5.41) is 11.5. The molecule has 0 radical (unpaired) electrons. The lowest BCUT2D eigenvalue weighted by atomic mass is 10.2. The number of benzene rings is 2. The molecule has 0 saturated carbocycles.